The molecule has 0 bridgehead atoms. The van der Waals surface area contributed by atoms with E-state index in [0.29, 0.717) is 6.54 Å². The van der Waals surface area contributed by atoms with Crippen molar-refractivity contribution in [1.29, 1.82) is 0 Å². The molecule has 3 rings (SSSR count). The van der Waals surface area contributed by atoms with E-state index in [0.717, 1.165) is 29.9 Å². The summed E-state index contributed by atoms with van der Waals surface area (Å²) in [4.78, 5) is 0. The molecule has 1 unspecified atom stereocenters. The zero-order valence-electron chi connectivity index (χ0n) is 14.5. The highest BCUT2D eigenvalue weighted by Crippen LogP contribution is 2.34. The molecule has 1 aliphatic heterocycles. The first-order valence-electron chi connectivity index (χ1n) is 8.45. The van der Waals surface area contributed by atoms with Crippen LogP contribution in [0.5, 0.6) is 11.5 Å². The number of methoxy groups -OCH3 is 1. The highest BCUT2D eigenvalue weighted by molar-refractivity contribution is 5.44. The molecule has 0 fully saturated rings. The van der Waals surface area contributed by atoms with E-state index in [1.54, 1.807) is 7.11 Å². The lowest BCUT2D eigenvalue weighted by molar-refractivity contribution is -0.133. The largest absolute Gasteiger partial charge is 0.493 e. The van der Waals surface area contributed by atoms with Crippen molar-refractivity contribution >= 4 is 0 Å². The lowest BCUT2D eigenvalue weighted by Gasteiger charge is -2.33. The lowest BCUT2D eigenvalue weighted by atomic mass is 9.90. The zero-order valence-corrected chi connectivity index (χ0v) is 14.5. The summed E-state index contributed by atoms with van der Waals surface area (Å²) in [5.74, 6) is 1.48. The predicted molar refractivity (Wildman–Crippen MR) is 93.8 cm³/mol. The van der Waals surface area contributed by atoms with Gasteiger partial charge in [-0.05, 0) is 55.5 Å². The van der Waals surface area contributed by atoms with Crippen LogP contribution in [-0.2, 0) is 12.8 Å². The third-order valence-electron chi connectivity index (χ3n) is 4.40. The molecular formula is C20H25NO3. The first kappa shape index (κ1) is 16.8. The molecule has 1 atom stereocenters. The first-order chi connectivity index (χ1) is 11.6. The Hall–Kier alpha value is -2.04. The minimum atomic E-state index is -0.0322. The van der Waals surface area contributed by atoms with Gasteiger partial charge in [0.2, 0.25) is 0 Å². The summed E-state index contributed by atoms with van der Waals surface area (Å²) in [5.41, 5.74) is 3.64. The van der Waals surface area contributed by atoms with Crippen LogP contribution in [0, 0.1) is 0 Å². The van der Waals surface area contributed by atoms with E-state index in [1.165, 1.54) is 16.2 Å². The summed E-state index contributed by atoms with van der Waals surface area (Å²) in [6.07, 6.45) is 1.69. The van der Waals surface area contributed by atoms with Gasteiger partial charge in [-0.2, -0.15) is 5.06 Å². The third-order valence-corrected chi connectivity index (χ3v) is 4.40. The maximum atomic E-state index is 10.4. The number of benzene rings is 2. The van der Waals surface area contributed by atoms with Gasteiger partial charge in [0.25, 0.3) is 0 Å². The SMILES string of the molecule is COc1ccc(CC2c3ccccc3CCN2O)cc1OC(C)C. The lowest BCUT2D eigenvalue weighted by Crippen LogP contribution is -2.33. The average molecular weight is 327 g/mol. The van der Waals surface area contributed by atoms with Crippen LogP contribution in [0.4, 0.5) is 0 Å². The molecule has 0 amide bonds. The normalized spacial score (nSPS) is 17.6. The number of fused-ring (bicyclic) bond motifs is 1. The van der Waals surface area contributed by atoms with Crippen molar-refractivity contribution in [3.63, 3.8) is 0 Å². The van der Waals surface area contributed by atoms with Gasteiger partial charge in [0, 0.05) is 6.54 Å². The monoisotopic (exact) mass is 327 g/mol. The van der Waals surface area contributed by atoms with E-state index >= 15 is 0 Å². The zero-order chi connectivity index (χ0) is 17.1. The van der Waals surface area contributed by atoms with Crippen molar-refractivity contribution in [3.8, 4) is 11.5 Å². The van der Waals surface area contributed by atoms with E-state index in [-0.39, 0.29) is 12.1 Å². The fourth-order valence-electron chi connectivity index (χ4n) is 3.27. The maximum Gasteiger partial charge on any atom is 0.161 e. The molecule has 0 spiro atoms. The van der Waals surface area contributed by atoms with Crippen molar-refractivity contribution < 1.29 is 14.7 Å². The molecule has 0 aliphatic carbocycles. The number of ether oxygens (including phenoxy) is 2. The average Bonchev–Trinajstić information content (AvgIpc) is 2.57. The maximum absolute atomic E-state index is 10.4. The highest BCUT2D eigenvalue weighted by atomic mass is 16.5. The Morgan fingerprint density at radius 3 is 2.71 bits per heavy atom. The smallest absolute Gasteiger partial charge is 0.161 e. The van der Waals surface area contributed by atoms with Gasteiger partial charge in [0.15, 0.2) is 11.5 Å². The summed E-state index contributed by atoms with van der Waals surface area (Å²) in [5, 5.41) is 11.8. The molecule has 0 radical (unpaired) electrons. The van der Waals surface area contributed by atoms with Gasteiger partial charge in [-0.25, -0.2) is 0 Å². The summed E-state index contributed by atoms with van der Waals surface area (Å²) >= 11 is 0. The molecule has 1 heterocycles. The standard InChI is InChI=1S/C20H25NO3/c1-14(2)24-20-13-15(8-9-19(20)23-3)12-18-17-7-5-4-6-16(17)10-11-21(18)22/h4-9,13-14,18,22H,10-12H2,1-3H3. The summed E-state index contributed by atoms with van der Waals surface area (Å²) in [6, 6.07) is 14.3. The van der Waals surface area contributed by atoms with Gasteiger partial charge in [-0.3, -0.25) is 0 Å². The fraction of sp³-hybridized carbons (Fsp3) is 0.400. The minimum absolute atomic E-state index is 0.0322. The molecule has 2 aromatic carbocycles. The van der Waals surface area contributed by atoms with Crippen LogP contribution < -0.4 is 9.47 Å². The Morgan fingerprint density at radius 1 is 1.17 bits per heavy atom. The molecule has 2 aromatic rings. The van der Waals surface area contributed by atoms with Crippen LogP contribution in [0.3, 0.4) is 0 Å². The van der Waals surface area contributed by atoms with E-state index in [4.69, 9.17) is 9.47 Å². The van der Waals surface area contributed by atoms with Crippen molar-refractivity contribution in [3.05, 3.63) is 59.2 Å². The van der Waals surface area contributed by atoms with Crippen LogP contribution in [0.1, 0.15) is 36.6 Å². The Labute approximate surface area is 143 Å². The summed E-state index contributed by atoms with van der Waals surface area (Å²) < 4.78 is 11.2. The third kappa shape index (κ3) is 3.55. The molecule has 4 heteroatoms. The second kappa shape index (κ2) is 7.24. The Morgan fingerprint density at radius 2 is 1.96 bits per heavy atom. The quantitative estimate of drug-likeness (QED) is 0.901. The van der Waals surface area contributed by atoms with Crippen molar-refractivity contribution in [2.75, 3.05) is 13.7 Å². The van der Waals surface area contributed by atoms with Crippen LogP contribution in [0.2, 0.25) is 0 Å². The van der Waals surface area contributed by atoms with Gasteiger partial charge in [0.05, 0.1) is 19.3 Å². The van der Waals surface area contributed by atoms with Crippen LogP contribution in [0.25, 0.3) is 0 Å². The number of hydroxylamine groups is 2. The summed E-state index contributed by atoms with van der Waals surface area (Å²) in [6.45, 7) is 4.66. The molecule has 24 heavy (non-hydrogen) atoms. The van der Waals surface area contributed by atoms with E-state index in [9.17, 15) is 5.21 Å². The molecular weight excluding hydrogens is 302 g/mol. The van der Waals surface area contributed by atoms with Crippen molar-refractivity contribution in [2.45, 2.75) is 38.8 Å². The van der Waals surface area contributed by atoms with E-state index in [2.05, 4.69) is 18.2 Å². The molecule has 0 saturated carbocycles. The van der Waals surface area contributed by atoms with Gasteiger partial charge in [-0.15, -0.1) is 0 Å². The van der Waals surface area contributed by atoms with Gasteiger partial charge in [-0.1, -0.05) is 30.3 Å². The van der Waals surface area contributed by atoms with Gasteiger partial charge in [0.1, 0.15) is 0 Å². The molecule has 0 saturated heterocycles. The Balaban J connectivity index is 1.88. The van der Waals surface area contributed by atoms with E-state index < -0.39 is 0 Å². The molecule has 1 aliphatic rings. The predicted octanol–water partition coefficient (Wildman–Crippen LogP) is 4.01. The topological polar surface area (TPSA) is 41.9 Å². The first-order valence-corrected chi connectivity index (χ1v) is 8.45. The summed E-state index contributed by atoms with van der Waals surface area (Å²) in [7, 11) is 1.65. The second-order valence-electron chi connectivity index (χ2n) is 6.48. The minimum Gasteiger partial charge on any atom is -0.493 e. The number of rotatable bonds is 5. The van der Waals surface area contributed by atoms with Gasteiger partial charge >= 0.3 is 0 Å². The van der Waals surface area contributed by atoms with Crippen molar-refractivity contribution in [2.24, 2.45) is 0 Å². The van der Waals surface area contributed by atoms with Gasteiger partial charge < -0.3 is 14.7 Å². The molecule has 128 valence electrons. The fourth-order valence-corrected chi connectivity index (χ4v) is 3.27. The number of hydrogen-bond donors (Lipinski definition) is 1. The van der Waals surface area contributed by atoms with E-state index in [1.807, 2.05) is 38.1 Å². The van der Waals surface area contributed by atoms with Crippen molar-refractivity contribution in [1.82, 2.24) is 5.06 Å². The molecule has 1 N–H and O–H groups in total. The number of nitrogens with zero attached hydrogens (tertiary/aromatic N) is 1. The van der Waals surface area contributed by atoms with Crippen LogP contribution >= 0.6 is 0 Å². The molecule has 0 aromatic heterocycles. The van der Waals surface area contributed by atoms with Crippen LogP contribution in [0.15, 0.2) is 42.5 Å². The van der Waals surface area contributed by atoms with Crippen LogP contribution in [-0.4, -0.2) is 30.0 Å². The Bertz CT molecular complexity index is 699. The Kier molecular flexibility index (Phi) is 5.07. The highest BCUT2D eigenvalue weighted by Gasteiger charge is 2.26. The molecule has 4 nitrogen and oxygen atoms in total. The second-order valence-corrected chi connectivity index (χ2v) is 6.48. The number of hydrogen-bond acceptors (Lipinski definition) is 4.